The summed E-state index contributed by atoms with van der Waals surface area (Å²) in [6.45, 7) is 7.17. The molecule has 0 aliphatic rings. The summed E-state index contributed by atoms with van der Waals surface area (Å²) in [4.78, 5) is 4.36. The van der Waals surface area contributed by atoms with Crippen LogP contribution in [-0.2, 0) is 16.4 Å². The lowest BCUT2D eigenvalue weighted by molar-refractivity contribution is -0.275. The molecule has 0 radical (unpaired) electrons. The minimum Gasteiger partial charge on any atom is -0.403 e. The van der Waals surface area contributed by atoms with E-state index in [1.54, 1.807) is 26.0 Å². The molecular formula is C19H19BrF4N2O2S. The van der Waals surface area contributed by atoms with Gasteiger partial charge >= 0.3 is 6.36 Å². The van der Waals surface area contributed by atoms with Gasteiger partial charge in [-0.2, -0.15) is 0 Å². The first kappa shape index (κ1) is 23.5. The molecule has 2 atom stereocenters. The van der Waals surface area contributed by atoms with Crippen LogP contribution in [0.1, 0.15) is 31.5 Å². The molecule has 2 aromatic rings. The van der Waals surface area contributed by atoms with Crippen molar-refractivity contribution in [2.75, 3.05) is 0 Å². The van der Waals surface area contributed by atoms with Gasteiger partial charge in [-0.05, 0) is 66.0 Å². The highest BCUT2D eigenvalue weighted by Gasteiger charge is 2.42. The zero-order valence-electron chi connectivity index (χ0n) is 15.6. The Morgan fingerprint density at radius 1 is 1.31 bits per heavy atom. The van der Waals surface area contributed by atoms with Crippen LogP contribution in [0.3, 0.4) is 0 Å². The second-order valence-electron chi connectivity index (χ2n) is 6.94. The van der Waals surface area contributed by atoms with E-state index >= 15 is 0 Å². The third-order valence-electron chi connectivity index (χ3n) is 4.45. The van der Waals surface area contributed by atoms with Crippen molar-refractivity contribution >= 4 is 26.9 Å². The molecule has 10 heteroatoms. The number of aromatic nitrogens is 1. The van der Waals surface area contributed by atoms with Gasteiger partial charge in [0.25, 0.3) is 0 Å². The quantitative estimate of drug-likeness (QED) is 0.427. The van der Waals surface area contributed by atoms with Crippen molar-refractivity contribution in [3.63, 3.8) is 0 Å². The Labute approximate surface area is 176 Å². The summed E-state index contributed by atoms with van der Waals surface area (Å²) >= 11 is 3.40. The Balaban J connectivity index is 2.71. The van der Waals surface area contributed by atoms with Crippen molar-refractivity contribution in [3.05, 3.63) is 70.7 Å². The number of hydrogen-bond donors (Lipinski definition) is 1. The smallest absolute Gasteiger partial charge is 0.403 e. The maximum atomic E-state index is 14.5. The molecule has 0 saturated heterocycles. The molecule has 2 rings (SSSR count). The van der Waals surface area contributed by atoms with E-state index in [-0.39, 0.29) is 12.0 Å². The van der Waals surface area contributed by atoms with Crippen LogP contribution in [0.25, 0.3) is 0 Å². The third kappa shape index (κ3) is 5.23. The Kier molecular flexibility index (Phi) is 6.91. The van der Waals surface area contributed by atoms with Crippen LogP contribution < -0.4 is 9.88 Å². The first-order valence-electron chi connectivity index (χ1n) is 8.29. The summed E-state index contributed by atoms with van der Waals surface area (Å²) in [5.41, 5.74) is -0.508. The van der Waals surface area contributed by atoms with Crippen molar-refractivity contribution in [1.82, 2.24) is 4.98 Å². The number of nitrogens with zero attached hydrogens (tertiary/aromatic N) is 1. The molecule has 2 N–H and O–H groups in total. The van der Waals surface area contributed by atoms with Crippen molar-refractivity contribution < 1.29 is 26.5 Å². The van der Waals surface area contributed by atoms with Gasteiger partial charge in [0.1, 0.15) is 0 Å². The van der Waals surface area contributed by atoms with Crippen LogP contribution in [0, 0.1) is 5.82 Å². The zero-order chi connectivity index (χ0) is 22.0. The minimum absolute atomic E-state index is 0.0984. The lowest BCUT2D eigenvalue weighted by atomic mass is 9.71. The summed E-state index contributed by atoms with van der Waals surface area (Å²) in [5.74, 6) is -2.16. The van der Waals surface area contributed by atoms with Crippen LogP contribution >= 0.6 is 15.9 Å². The Bertz CT molecular complexity index is 937. The number of hydrogen-bond acceptors (Lipinski definition) is 3. The molecule has 0 bridgehead atoms. The summed E-state index contributed by atoms with van der Waals surface area (Å²) in [6, 6.07) is 6.50. The van der Waals surface area contributed by atoms with Crippen molar-refractivity contribution in [2.45, 2.75) is 36.8 Å². The number of rotatable bonds is 7. The maximum absolute atomic E-state index is 14.5. The highest BCUT2D eigenvalue weighted by molar-refractivity contribution is 9.10. The molecule has 0 amide bonds. The predicted molar refractivity (Wildman–Crippen MR) is 107 cm³/mol. The van der Waals surface area contributed by atoms with Gasteiger partial charge in [0.2, 0.25) is 0 Å². The number of pyridine rings is 1. The summed E-state index contributed by atoms with van der Waals surface area (Å²) in [5, 5.41) is 5.64. The summed E-state index contributed by atoms with van der Waals surface area (Å²) in [7, 11) is -1.76. The summed E-state index contributed by atoms with van der Waals surface area (Å²) in [6.07, 6.45) is -1.92. The van der Waals surface area contributed by atoms with Crippen molar-refractivity contribution in [1.29, 1.82) is 0 Å². The number of halogens is 5. The van der Waals surface area contributed by atoms with E-state index in [1.807, 2.05) is 0 Å². The zero-order valence-corrected chi connectivity index (χ0v) is 18.0. The fourth-order valence-electron chi connectivity index (χ4n) is 3.05. The van der Waals surface area contributed by atoms with E-state index in [2.05, 4.69) is 32.2 Å². The second kappa shape index (κ2) is 8.53. The SMILES string of the molecule is C=C[C@](CC(C)(C)S(N)=O)(c1ccc(OC(F)(F)F)c(F)c1)c1ncccc1Br. The van der Waals surface area contributed by atoms with Crippen LogP contribution in [0.5, 0.6) is 5.75 Å². The molecule has 0 aliphatic carbocycles. The van der Waals surface area contributed by atoms with Gasteiger partial charge in [-0.15, -0.1) is 19.8 Å². The van der Waals surface area contributed by atoms with E-state index < -0.39 is 39.1 Å². The van der Waals surface area contributed by atoms with Crippen molar-refractivity contribution in [3.8, 4) is 5.75 Å². The van der Waals surface area contributed by atoms with Gasteiger partial charge in [-0.25, -0.2) is 8.60 Å². The molecular weight excluding hydrogens is 476 g/mol. The van der Waals surface area contributed by atoms with E-state index in [0.717, 1.165) is 12.1 Å². The molecule has 0 fully saturated rings. The predicted octanol–water partition coefficient (Wildman–Crippen LogP) is 5.15. The monoisotopic (exact) mass is 494 g/mol. The third-order valence-corrected chi connectivity index (χ3v) is 6.32. The average Bonchev–Trinajstić information content (AvgIpc) is 2.61. The van der Waals surface area contributed by atoms with Gasteiger partial charge in [0.15, 0.2) is 11.6 Å². The van der Waals surface area contributed by atoms with E-state index in [9.17, 15) is 21.8 Å². The van der Waals surface area contributed by atoms with Gasteiger partial charge in [-0.1, -0.05) is 12.1 Å². The molecule has 0 saturated carbocycles. The van der Waals surface area contributed by atoms with Gasteiger partial charge in [-0.3, -0.25) is 10.1 Å². The van der Waals surface area contributed by atoms with E-state index in [0.29, 0.717) is 10.2 Å². The molecule has 4 nitrogen and oxygen atoms in total. The number of nitrogens with two attached hydrogens (primary N) is 1. The molecule has 1 unspecified atom stereocenters. The highest BCUT2D eigenvalue weighted by Crippen LogP contribution is 2.44. The van der Waals surface area contributed by atoms with Crippen LogP contribution in [-0.4, -0.2) is 20.3 Å². The standard InChI is InChI=1S/C19H19BrF4N2O2S/c1-4-18(11-17(2,3)29(25)27,16-13(20)6-5-9-26-16)12-7-8-15(14(21)10-12)28-19(22,23)24/h4-10H,1,11,25H2,2-3H3/t18-,29?/m0/s1. The lowest BCUT2D eigenvalue weighted by Crippen LogP contribution is -2.41. The number of alkyl halides is 3. The Morgan fingerprint density at radius 2 is 1.97 bits per heavy atom. The normalized spacial score (nSPS) is 15.4. The van der Waals surface area contributed by atoms with Crippen LogP contribution in [0.15, 0.2) is 53.7 Å². The fraction of sp³-hybridized carbons (Fsp3) is 0.316. The van der Waals surface area contributed by atoms with E-state index in [4.69, 9.17) is 5.14 Å². The van der Waals surface area contributed by atoms with Gasteiger partial charge in [0.05, 0.1) is 26.8 Å². The van der Waals surface area contributed by atoms with Crippen LogP contribution in [0.4, 0.5) is 17.6 Å². The summed E-state index contributed by atoms with van der Waals surface area (Å²) < 4.78 is 67.3. The average molecular weight is 495 g/mol. The number of ether oxygens (including phenoxy) is 1. The second-order valence-corrected chi connectivity index (χ2v) is 9.49. The first-order chi connectivity index (χ1) is 13.3. The molecule has 1 heterocycles. The molecule has 29 heavy (non-hydrogen) atoms. The largest absolute Gasteiger partial charge is 0.573 e. The molecule has 0 spiro atoms. The molecule has 1 aromatic heterocycles. The minimum atomic E-state index is -5.03. The molecule has 0 aliphatic heterocycles. The van der Waals surface area contributed by atoms with E-state index in [1.165, 1.54) is 18.3 Å². The van der Waals surface area contributed by atoms with Gasteiger partial charge < -0.3 is 4.74 Å². The number of allylic oxidation sites excluding steroid dienone is 1. The topological polar surface area (TPSA) is 65.2 Å². The fourth-order valence-corrected chi connectivity index (χ4v) is 4.03. The Hall–Kier alpha value is -1.78. The number of benzene rings is 1. The molecule has 158 valence electrons. The highest BCUT2D eigenvalue weighted by atomic mass is 79.9. The lowest BCUT2D eigenvalue weighted by Gasteiger charge is -2.37. The first-order valence-corrected chi connectivity index (χ1v) is 10.3. The Morgan fingerprint density at radius 3 is 2.45 bits per heavy atom. The maximum Gasteiger partial charge on any atom is 0.573 e. The van der Waals surface area contributed by atoms with Crippen molar-refractivity contribution in [2.24, 2.45) is 5.14 Å². The molecule has 1 aromatic carbocycles. The van der Waals surface area contributed by atoms with Crippen LogP contribution in [0.2, 0.25) is 0 Å². The van der Waals surface area contributed by atoms with Gasteiger partial charge in [0, 0.05) is 10.7 Å².